The van der Waals surface area contributed by atoms with E-state index in [4.69, 9.17) is 0 Å². The van der Waals surface area contributed by atoms with Gasteiger partial charge in [-0.15, -0.1) is 0 Å². The van der Waals surface area contributed by atoms with Crippen LogP contribution in [0.25, 0.3) is 0 Å². The van der Waals surface area contributed by atoms with Gasteiger partial charge in [-0.2, -0.15) is 0 Å². The van der Waals surface area contributed by atoms with E-state index in [9.17, 15) is 22.9 Å². The van der Waals surface area contributed by atoms with Crippen LogP contribution in [0.1, 0.15) is 13.4 Å². The molecule has 0 saturated carbocycles. The third-order valence-electron chi connectivity index (χ3n) is 1.03. The van der Waals surface area contributed by atoms with Crippen LogP contribution >= 0.6 is 0 Å². The monoisotopic (exact) mass is 316 g/mol. The molecule has 0 amide bonds. The minimum atomic E-state index is -4.72. The first-order valence-electron chi connectivity index (χ1n) is 2.68. The summed E-state index contributed by atoms with van der Waals surface area (Å²) in [5.41, 5.74) is 0. The number of carboxylic acid groups (broad SMARTS) is 1. The van der Waals surface area contributed by atoms with E-state index in [1.165, 1.54) is 0 Å². The molecule has 1 aromatic rings. The third kappa shape index (κ3) is 9.78. The van der Waals surface area contributed by atoms with Crippen molar-refractivity contribution in [3.8, 4) is 0 Å². The summed E-state index contributed by atoms with van der Waals surface area (Å²) < 4.78 is 34.8. The number of carbonyl (C=O) groups excluding carboxylic acids is 1. The molecular weight excluding hydrogens is 312 g/mol. The largest absolute Gasteiger partial charge is 1.00 e. The molecule has 1 aromatic heterocycles. The van der Waals surface area contributed by atoms with Crippen molar-refractivity contribution in [1.29, 1.82) is 0 Å². The maximum Gasteiger partial charge on any atom is 1.00 e. The number of carboxylic acids is 1. The Kier molecular flexibility index (Phi) is 22.3. The summed E-state index contributed by atoms with van der Waals surface area (Å²) in [7, 11) is -4.72. The first kappa shape index (κ1) is 28.1. The van der Waals surface area contributed by atoms with Gasteiger partial charge in [0.2, 0.25) is 5.09 Å². The van der Waals surface area contributed by atoms with E-state index in [1.54, 1.807) is 0 Å². The smallest absolute Gasteiger partial charge is 1.00 e. The van der Waals surface area contributed by atoms with Crippen LogP contribution in [0.4, 0.5) is 0 Å². The van der Waals surface area contributed by atoms with Gasteiger partial charge in [0.1, 0.15) is 5.97 Å². The number of hydrogen-bond donors (Lipinski definition) is 0. The van der Waals surface area contributed by atoms with Crippen molar-refractivity contribution in [2.45, 2.75) is 5.09 Å². The Balaban J connectivity index is -0.0000000600. The zero-order valence-corrected chi connectivity index (χ0v) is 20.6. The van der Waals surface area contributed by atoms with Crippen molar-refractivity contribution in [3.63, 3.8) is 0 Å². The van der Waals surface area contributed by atoms with Crippen LogP contribution in [-0.4, -0.2) is 18.9 Å². The zero-order valence-electron chi connectivity index (χ0n) is 11.5. The topological polar surface area (TPSA) is 110 Å². The maximum atomic E-state index is 10.2. The molecule has 0 N–H and O–H groups in total. The SMILES string of the molecule is O=C([O-])c1ccc(S(=O)(=O)[O-])o1.[H-].[H-].[K+].[K+].[Na+].[Na+]. The van der Waals surface area contributed by atoms with Crippen LogP contribution in [0.2, 0.25) is 0 Å². The van der Waals surface area contributed by atoms with E-state index in [0.29, 0.717) is 0 Å². The van der Waals surface area contributed by atoms with Crippen molar-refractivity contribution >= 4 is 16.1 Å². The predicted molar refractivity (Wildman–Crippen MR) is 33.2 cm³/mol. The van der Waals surface area contributed by atoms with Crippen molar-refractivity contribution < 1.29 is 192 Å². The van der Waals surface area contributed by atoms with E-state index in [1.807, 2.05) is 0 Å². The van der Waals surface area contributed by atoms with Crippen LogP contribution in [-0.2, 0) is 10.1 Å². The normalized spacial score (nSPS) is 8.56. The Morgan fingerprint density at radius 1 is 1.25 bits per heavy atom. The van der Waals surface area contributed by atoms with Crippen LogP contribution in [0.3, 0.4) is 0 Å². The van der Waals surface area contributed by atoms with Gasteiger partial charge >= 0.3 is 162 Å². The molecule has 0 bridgehead atoms. The first-order valence-corrected chi connectivity index (χ1v) is 4.09. The molecule has 0 aliphatic rings. The molecule has 6 nitrogen and oxygen atoms in total. The summed E-state index contributed by atoms with van der Waals surface area (Å²) in [4.78, 5) is 10.0. The number of rotatable bonds is 2. The van der Waals surface area contributed by atoms with Crippen LogP contribution in [0.15, 0.2) is 21.6 Å². The number of aromatic carboxylic acids is 1. The standard InChI is InChI=1S/C5H4O6S.2K.2Na.2H/c6-5(7)3-1-2-4(11-3)12(8,9)10;;;;;;/h1-2H,(H,6,7)(H,8,9,10);;;;;;/q;4*+1;2*-1/p-2. The Morgan fingerprint density at radius 2 is 1.69 bits per heavy atom. The molecule has 0 unspecified atom stereocenters. The van der Waals surface area contributed by atoms with Gasteiger partial charge in [-0.3, -0.25) is 0 Å². The van der Waals surface area contributed by atoms with E-state index in [-0.39, 0.29) is 165 Å². The Hall–Kier alpha value is 3.93. The summed E-state index contributed by atoms with van der Waals surface area (Å²) in [5, 5.41) is 9.11. The summed E-state index contributed by atoms with van der Waals surface area (Å²) in [6.45, 7) is 0. The van der Waals surface area contributed by atoms with Crippen LogP contribution in [0, 0.1) is 0 Å². The first-order chi connectivity index (χ1) is 5.41. The molecule has 0 atom stereocenters. The molecule has 0 aliphatic heterocycles. The third-order valence-corrected chi connectivity index (χ3v) is 1.74. The fourth-order valence-corrected chi connectivity index (χ4v) is 0.991. The van der Waals surface area contributed by atoms with Crippen LogP contribution < -0.4 is 167 Å². The minimum Gasteiger partial charge on any atom is -1.00 e. The summed E-state index contributed by atoms with van der Waals surface area (Å²) in [6, 6.07) is 1.59. The number of hydrogen-bond acceptors (Lipinski definition) is 6. The molecule has 11 heteroatoms. The number of carbonyl (C=O) groups is 1. The van der Waals surface area contributed by atoms with Crippen molar-refractivity contribution in [2.24, 2.45) is 0 Å². The molecule has 0 aliphatic carbocycles. The van der Waals surface area contributed by atoms with E-state index in [0.717, 1.165) is 12.1 Å². The van der Waals surface area contributed by atoms with Gasteiger partial charge in [-0.05, 0) is 12.1 Å². The summed E-state index contributed by atoms with van der Waals surface area (Å²) in [5.74, 6) is -2.37. The predicted octanol–water partition coefficient (Wildman–Crippen LogP) is -13.2. The molecule has 70 valence electrons. The van der Waals surface area contributed by atoms with Gasteiger partial charge in [0.05, 0.1) is 0 Å². The molecule has 16 heavy (non-hydrogen) atoms. The Labute approximate surface area is 225 Å². The van der Waals surface area contributed by atoms with E-state index >= 15 is 0 Å². The minimum absolute atomic E-state index is 0. The molecule has 1 heterocycles. The Bertz CT molecular complexity index is 425. The second-order valence-electron chi connectivity index (χ2n) is 1.86. The average molecular weight is 316 g/mol. The van der Waals surface area contributed by atoms with Crippen LogP contribution in [0.5, 0.6) is 0 Å². The molecule has 0 saturated heterocycles. The van der Waals surface area contributed by atoms with E-state index < -0.39 is 26.9 Å². The zero-order chi connectivity index (χ0) is 9.35. The molecule has 0 aromatic carbocycles. The molecule has 0 spiro atoms. The Morgan fingerprint density at radius 3 is 1.88 bits per heavy atom. The van der Waals surface area contributed by atoms with Gasteiger partial charge in [0, 0.05) is 0 Å². The van der Waals surface area contributed by atoms with Gasteiger partial charge in [-0.1, -0.05) is 0 Å². The van der Waals surface area contributed by atoms with Crippen molar-refractivity contribution in [2.75, 3.05) is 0 Å². The molecule has 1 rings (SSSR count). The van der Waals surface area contributed by atoms with Gasteiger partial charge in [-0.25, -0.2) is 8.42 Å². The van der Waals surface area contributed by atoms with Gasteiger partial charge in [0.15, 0.2) is 15.9 Å². The average Bonchev–Trinajstić information content (AvgIpc) is 2.30. The van der Waals surface area contributed by atoms with Gasteiger partial charge in [0.25, 0.3) is 0 Å². The number of furan rings is 1. The quantitative estimate of drug-likeness (QED) is 0.396. The fraction of sp³-hybridized carbons (Fsp3) is 0. The fourth-order valence-electron chi connectivity index (χ4n) is 0.564. The molecule has 0 fully saturated rings. The second-order valence-corrected chi connectivity index (χ2v) is 3.17. The maximum absolute atomic E-state index is 10.2. The summed E-state index contributed by atoms with van der Waals surface area (Å²) in [6.07, 6.45) is 0. The van der Waals surface area contributed by atoms with Crippen molar-refractivity contribution in [1.82, 2.24) is 0 Å². The van der Waals surface area contributed by atoms with E-state index in [2.05, 4.69) is 4.42 Å². The van der Waals surface area contributed by atoms with Gasteiger partial charge < -0.3 is 21.7 Å². The van der Waals surface area contributed by atoms with Crippen molar-refractivity contribution in [3.05, 3.63) is 17.9 Å². The summed E-state index contributed by atoms with van der Waals surface area (Å²) >= 11 is 0. The molecular formula is C5H4K2Na2O6S. The molecule has 0 radical (unpaired) electrons. The second kappa shape index (κ2) is 12.7.